The van der Waals surface area contributed by atoms with Crippen molar-refractivity contribution < 1.29 is 23.9 Å². The summed E-state index contributed by atoms with van der Waals surface area (Å²) in [4.78, 5) is 22.2. The molecule has 0 saturated heterocycles. The molecule has 0 unspecified atom stereocenters. The Morgan fingerprint density at radius 3 is 2.93 bits per heavy atom. The number of rotatable bonds is 6. The maximum atomic E-state index is 12.0. The smallest absolute Gasteiger partial charge is 0.277 e. The molecule has 0 aromatic heterocycles. The monoisotopic (exact) mass is 371 g/mol. The fourth-order valence-corrected chi connectivity index (χ4v) is 2.55. The van der Waals surface area contributed by atoms with Crippen LogP contribution in [0.2, 0.25) is 0 Å². The number of nitrogens with zero attached hydrogens (tertiary/aromatic N) is 2. The fourth-order valence-electron chi connectivity index (χ4n) is 2.55. The first-order chi connectivity index (χ1) is 13.1. The van der Waals surface area contributed by atoms with Gasteiger partial charge in [0.1, 0.15) is 5.75 Å². The summed E-state index contributed by atoms with van der Waals surface area (Å²) in [6, 6.07) is 11.0. The summed E-state index contributed by atoms with van der Waals surface area (Å²) in [6.45, 7) is 0.103. The van der Waals surface area contributed by atoms with E-state index in [0.29, 0.717) is 30.2 Å². The molecule has 1 amide bonds. The van der Waals surface area contributed by atoms with E-state index in [4.69, 9.17) is 14.2 Å². The number of fused-ring (bicyclic) bond motifs is 1. The molecular formula is C18H17N3O6. The van der Waals surface area contributed by atoms with Crippen LogP contribution in [-0.2, 0) is 4.79 Å². The number of hydrogen-bond acceptors (Lipinski definition) is 7. The largest absolute Gasteiger partial charge is 0.493 e. The first kappa shape index (κ1) is 18.2. The molecule has 0 bridgehead atoms. The van der Waals surface area contributed by atoms with Crippen LogP contribution in [0.5, 0.6) is 17.2 Å². The SMILES string of the molecule is COc1cccc2c1OCC/C2=N\NC(=O)COc1cccc([N+](=O)[O-])c1. The molecule has 2 aromatic carbocycles. The highest BCUT2D eigenvalue weighted by Crippen LogP contribution is 2.34. The van der Waals surface area contributed by atoms with E-state index >= 15 is 0 Å². The summed E-state index contributed by atoms with van der Waals surface area (Å²) < 4.78 is 16.2. The summed E-state index contributed by atoms with van der Waals surface area (Å²) in [5.41, 5.74) is 3.74. The number of nitro groups is 1. The Morgan fingerprint density at radius 1 is 1.33 bits per heavy atom. The molecule has 0 atom stereocenters. The zero-order valence-corrected chi connectivity index (χ0v) is 14.5. The minimum absolute atomic E-state index is 0.110. The second-order valence-corrected chi connectivity index (χ2v) is 5.57. The molecule has 0 aliphatic carbocycles. The molecule has 1 aliphatic heterocycles. The van der Waals surface area contributed by atoms with Crippen molar-refractivity contribution in [3.63, 3.8) is 0 Å². The van der Waals surface area contributed by atoms with Crippen molar-refractivity contribution >= 4 is 17.3 Å². The number of para-hydroxylation sites is 1. The molecule has 140 valence electrons. The third kappa shape index (κ3) is 4.32. The molecule has 9 heteroatoms. The lowest BCUT2D eigenvalue weighted by Gasteiger charge is -2.20. The number of nitrogens with one attached hydrogen (secondary N) is 1. The van der Waals surface area contributed by atoms with Gasteiger partial charge in [-0.15, -0.1) is 0 Å². The normalized spacial score (nSPS) is 14.0. The lowest BCUT2D eigenvalue weighted by Crippen LogP contribution is -2.27. The van der Waals surface area contributed by atoms with Crippen molar-refractivity contribution in [1.82, 2.24) is 5.43 Å². The molecule has 0 fully saturated rings. The highest BCUT2D eigenvalue weighted by atomic mass is 16.6. The van der Waals surface area contributed by atoms with E-state index in [1.54, 1.807) is 13.2 Å². The van der Waals surface area contributed by atoms with E-state index in [0.717, 1.165) is 5.56 Å². The van der Waals surface area contributed by atoms with Crippen molar-refractivity contribution in [2.45, 2.75) is 6.42 Å². The predicted octanol–water partition coefficient (Wildman–Crippen LogP) is 2.29. The van der Waals surface area contributed by atoms with Gasteiger partial charge in [0, 0.05) is 18.1 Å². The van der Waals surface area contributed by atoms with Crippen LogP contribution < -0.4 is 19.6 Å². The van der Waals surface area contributed by atoms with Crippen LogP contribution in [0.4, 0.5) is 5.69 Å². The average Bonchev–Trinajstić information content (AvgIpc) is 2.70. The van der Waals surface area contributed by atoms with Crippen molar-refractivity contribution in [1.29, 1.82) is 0 Å². The molecule has 3 rings (SSSR count). The molecule has 0 spiro atoms. The van der Waals surface area contributed by atoms with E-state index in [1.165, 1.54) is 24.3 Å². The minimum Gasteiger partial charge on any atom is -0.493 e. The summed E-state index contributed by atoms with van der Waals surface area (Å²) in [7, 11) is 1.55. The molecule has 2 aromatic rings. The Morgan fingerprint density at radius 2 is 2.15 bits per heavy atom. The van der Waals surface area contributed by atoms with Gasteiger partial charge in [0.2, 0.25) is 0 Å². The number of benzene rings is 2. The van der Waals surface area contributed by atoms with Gasteiger partial charge in [0.25, 0.3) is 11.6 Å². The van der Waals surface area contributed by atoms with Crippen LogP contribution in [0.25, 0.3) is 0 Å². The number of carbonyl (C=O) groups excluding carboxylic acids is 1. The Hall–Kier alpha value is -3.62. The van der Waals surface area contributed by atoms with E-state index < -0.39 is 10.8 Å². The number of nitro benzene ring substituents is 1. The number of ether oxygens (including phenoxy) is 3. The van der Waals surface area contributed by atoms with Gasteiger partial charge in [0.05, 0.1) is 30.4 Å². The highest BCUT2D eigenvalue weighted by Gasteiger charge is 2.20. The van der Waals surface area contributed by atoms with Gasteiger partial charge in [-0.05, 0) is 18.2 Å². The predicted molar refractivity (Wildman–Crippen MR) is 96.4 cm³/mol. The van der Waals surface area contributed by atoms with E-state index in [-0.39, 0.29) is 18.0 Å². The molecule has 0 radical (unpaired) electrons. The Bertz CT molecular complexity index is 896. The van der Waals surface area contributed by atoms with Gasteiger partial charge < -0.3 is 14.2 Å². The maximum absolute atomic E-state index is 12.0. The summed E-state index contributed by atoms with van der Waals surface area (Å²) in [5.74, 6) is 0.936. The van der Waals surface area contributed by atoms with Gasteiger partial charge in [-0.1, -0.05) is 12.1 Å². The van der Waals surface area contributed by atoms with Gasteiger partial charge in [-0.3, -0.25) is 14.9 Å². The van der Waals surface area contributed by atoms with E-state index in [9.17, 15) is 14.9 Å². The van der Waals surface area contributed by atoms with Crippen LogP contribution in [0.3, 0.4) is 0 Å². The highest BCUT2D eigenvalue weighted by molar-refractivity contribution is 6.04. The van der Waals surface area contributed by atoms with E-state index in [1.807, 2.05) is 12.1 Å². The second kappa shape index (κ2) is 8.17. The van der Waals surface area contributed by atoms with Crippen molar-refractivity contribution in [3.05, 3.63) is 58.1 Å². The average molecular weight is 371 g/mol. The quantitative estimate of drug-likeness (QED) is 0.616. The first-order valence-electron chi connectivity index (χ1n) is 8.11. The van der Waals surface area contributed by atoms with Gasteiger partial charge >= 0.3 is 0 Å². The Kier molecular flexibility index (Phi) is 5.50. The number of amides is 1. The third-order valence-corrected chi connectivity index (χ3v) is 3.81. The lowest BCUT2D eigenvalue weighted by molar-refractivity contribution is -0.384. The van der Waals surface area contributed by atoms with Gasteiger partial charge in [-0.2, -0.15) is 5.10 Å². The zero-order chi connectivity index (χ0) is 19.2. The number of carbonyl (C=O) groups is 1. The van der Waals surface area contributed by atoms with Gasteiger partial charge in [0.15, 0.2) is 18.1 Å². The molecular weight excluding hydrogens is 354 g/mol. The van der Waals surface area contributed by atoms with Crippen LogP contribution in [0, 0.1) is 10.1 Å². The lowest BCUT2D eigenvalue weighted by atomic mass is 10.0. The second-order valence-electron chi connectivity index (χ2n) is 5.57. The van der Waals surface area contributed by atoms with Crippen LogP contribution in [-0.4, -0.2) is 36.9 Å². The Balaban J connectivity index is 1.63. The minimum atomic E-state index is -0.532. The number of hydrazone groups is 1. The summed E-state index contributed by atoms with van der Waals surface area (Å²) >= 11 is 0. The summed E-state index contributed by atoms with van der Waals surface area (Å²) in [5, 5.41) is 14.9. The van der Waals surface area contributed by atoms with Gasteiger partial charge in [-0.25, -0.2) is 5.43 Å². The molecule has 0 saturated carbocycles. The Labute approximate surface area is 154 Å². The fraction of sp³-hybridized carbons (Fsp3) is 0.222. The van der Waals surface area contributed by atoms with Crippen LogP contribution in [0.15, 0.2) is 47.6 Å². The maximum Gasteiger partial charge on any atom is 0.277 e. The molecule has 1 aliphatic rings. The molecule has 9 nitrogen and oxygen atoms in total. The van der Waals surface area contributed by atoms with Crippen LogP contribution >= 0.6 is 0 Å². The zero-order valence-electron chi connectivity index (χ0n) is 14.5. The number of methoxy groups -OCH3 is 1. The number of non-ortho nitro benzene ring substituents is 1. The number of hydrogen-bond donors (Lipinski definition) is 1. The van der Waals surface area contributed by atoms with E-state index in [2.05, 4.69) is 10.5 Å². The first-order valence-corrected chi connectivity index (χ1v) is 8.11. The van der Waals surface area contributed by atoms with Crippen LogP contribution in [0.1, 0.15) is 12.0 Å². The van der Waals surface area contributed by atoms with Crippen molar-refractivity contribution in [2.75, 3.05) is 20.3 Å². The molecule has 27 heavy (non-hydrogen) atoms. The van der Waals surface area contributed by atoms with Crippen molar-refractivity contribution in [2.24, 2.45) is 5.10 Å². The molecule has 1 heterocycles. The topological polar surface area (TPSA) is 112 Å². The molecule has 1 N–H and O–H groups in total. The summed E-state index contributed by atoms with van der Waals surface area (Å²) in [6.07, 6.45) is 0.534. The third-order valence-electron chi connectivity index (χ3n) is 3.81. The standard InChI is InChI=1S/C18H17N3O6/c1-25-16-7-3-6-14-15(8-9-26-18(14)16)19-20-17(22)11-27-13-5-2-4-12(10-13)21(23)24/h2-7,10H,8-9,11H2,1H3,(H,20,22)/b19-15+. The van der Waals surface area contributed by atoms with Crippen molar-refractivity contribution in [3.8, 4) is 17.2 Å².